The Hall–Kier alpha value is -3.17. The van der Waals surface area contributed by atoms with Crippen LogP contribution in [0.3, 0.4) is 0 Å². The van der Waals surface area contributed by atoms with E-state index >= 15 is 0 Å². The van der Waals surface area contributed by atoms with Crippen molar-refractivity contribution in [3.05, 3.63) is 44.7 Å². The van der Waals surface area contributed by atoms with Crippen LogP contribution in [-0.4, -0.2) is 41.9 Å². The van der Waals surface area contributed by atoms with Crippen molar-refractivity contribution < 1.29 is 24.1 Å². The highest BCUT2D eigenvalue weighted by Gasteiger charge is 2.35. The number of carbonyl (C=O) groups is 1. The second-order valence-electron chi connectivity index (χ2n) is 11.0. The number of esters is 1. The van der Waals surface area contributed by atoms with Crippen LogP contribution < -0.4 is 19.8 Å². The Morgan fingerprint density at radius 3 is 2.64 bits per heavy atom. The summed E-state index contributed by atoms with van der Waals surface area (Å²) in [5, 5.41) is 11.6. The summed E-state index contributed by atoms with van der Waals surface area (Å²) in [6.45, 7) is 10.6. The molecule has 0 unspecified atom stereocenters. The van der Waals surface area contributed by atoms with E-state index < -0.39 is 25.7 Å². The minimum atomic E-state index is -1.33. The summed E-state index contributed by atoms with van der Waals surface area (Å²) in [4.78, 5) is 30.3. The molecule has 3 aliphatic heterocycles. The topological polar surface area (TPSA) is 99.9 Å². The van der Waals surface area contributed by atoms with E-state index in [9.17, 15) is 14.7 Å². The molecule has 0 radical (unpaired) electrons. The third-order valence-corrected chi connectivity index (χ3v) is 9.10. The van der Waals surface area contributed by atoms with Crippen LogP contribution >= 0.6 is 0 Å². The molecule has 1 aromatic carbocycles. The Balaban J connectivity index is 1.61. The highest BCUT2D eigenvalue weighted by atomic mass is 28.3. The van der Waals surface area contributed by atoms with Crippen molar-refractivity contribution in [3.8, 4) is 28.6 Å². The van der Waals surface area contributed by atoms with Crippen molar-refractivity contribution in [1.82, 2.24) is 9.55 Å². The molecule has 36 heavy (non-hydrogen) atoms. The Bertz CT molecular complexity index is 1500. The van der Waals surface area contributed by atoms with Crippen LogP contribution in [0.4, 0.5) is 0 Å². The minimum Gasteiger partial charge on any atom is -0.486 e. The predicted octanol–water partition coefficient (Wildman–Crippen LogP) is 3.98. The second kappa shape index (κ2) is 8.17. The number of hydrogen-bond donors (Lipinski definition) is 1. The number of aryl methyl sites for hydroxylation is 2. The Kier molecular flexibility index (Phi) is 5.28. The van der Waals surface area contributed by atoms with Crippen molar-refractivity contribution >= 4 is 24.9 Å². The Morgan fingerprint density at radius 2 is 1.89 bits per heavy atom. The molecule has 0 aliphatic carbocycles. The van der Waals surface area contributed by atoms with Gasteiger partial charge in [-0.05, 0) is 24.5 Å². The molecule has 0 saturated heterocycles. The smallest absolute Gasteiger partial charge is 0.314 e. The van der Waals surface area contributed by atoms with Gasteiger partial charge in [0.05, 0.1) is 36.0 Å². The lowest BCUT2D eigenvalue weighted by Gasteiger charge is -2.25. The van der Waals surface area contributed by atoms with Gasteiger partial charge in [0.2, 0.25) is 5.75 Å². The maximum atomic E-state index is 13.4. The van der Waals surface area contributed by atoms with Gasteiger partial charge in [-0.25, -0.2) is 4.98 Å². The number of rotatable bonds is 4. The highest BCUT2D eigenvalue weighted by molar-refractivity contribution is 6.76. The van der Waals surface area contributed by atoms with Gasteiger partial charge < -0.3 is 19.3 Å². The molecule has 0 saturated carbocycles. The number of benzene rings is 1. The number of fused-ring (bicyclic) bond motifs is 6. The number of aromatic nitrogens is 2. The first-order chi connectivity index (χ1) is 17.2. The Labute approximate surface area is 209 Å². The Morgan fingerprint density at radius 1 is 1.11 bits per heavy atom. The zero-order valence-corrected chi connectivity index (χ0v) is 22.1. The zero-order chi connectivity index (χ0) is 25.4. The van der Waals surface area contributed by atoms with E-state index in [1.54, 1.807) is 10.6 Å². The van der Waals surface area contributed by atoms with E-state index in [0.29, 0.717) is 31.0 Å². The highest BCUT2D eigenvalue weighted by Crippen LogP contribution is 2.45. The third kappa shape index (κ3) is 3.56. The lowest BCUT2D eigenvalue weighted by atomic mass is 9.93. The van der Waals surface area contributed by atoms with Crippen LogP contribution in [0, 0.1) is 0 Å². The average Bonchev–Trinajstić information content (AvgIpc) is 3.19. The molecule has 8 nitrogen and oxygen atoms in total. The summed E-state index contributed by atoms with van der Waals surface area (Å²) in [5.74, 6) is 0.864. The fourth-order valence-electron chi connectivity index (χ4n) is 5.59. The average molecular weight is 507 g/mol. The molecule has 0 spiro atoms. The summed E-state index contributed by atoms with van der Waals surface area (Å²) in [6.07, 6.45) is 0.412. The number of pyridine rings is 2. The third-order valence-electron chi connectivity index (χ3n) is 7.35. The summed E-state index contributed by atoms with van der Waals surface area (Å²) in [5.41, 5.74) is 5.42. The molecule has 0 bridgehead atoms. The molecule has 9 heteroatoms. The van der Waals surface area contributed by atoms with Crippen molar-refractivity contribution in [2.45, 2.75) is 64.5 Å². The van der Waals surface area contributed by atoms with E-state index in [2.05, 4.69) is 26.6 Å². The number of ether oxygens (including phenoxy) is 3. The van der Waals surface area contributed by atoms with Gasteiger partial charge in [-0.3, -0.25) is 14.2 Å². The van der Waals surface area contributed by atoms with Crippen molar-refractivity contribution in [2.75, 3.05) is 13.2 Å². The predicted molar refractivity (Wildman–Crippen MR) is 138 cm³/mol. The molecule has 6 rings (SSSR count). The normalized spacial score (nSPS) is 18.0. The SMILES string of the molecule is CCc1c2c(nc3cc4c(c(CC[Si](C)(C)C)c13)OCCO4)-c1cc3c(c(=O)n1C2)OC(=O)C[C@H]3O. The first kappa shape index (κ1) is 23.2. The number of hydrogen-bond acceptors (Lipinski definition) is 7. The summed E-state index contributed by atoms with van der Waals surface area (Å²) in [7, 11) is -1.33. The van der Waals surface area contributed by atoms with Crippen LogP contribution in [0.1, 0.15) is 41.7 Å². The van der Waals surface area contributed by atoms with E-state index in [1.165, 1.54) is 0 Å². The van der Waals surface area contributed by atoms with Crippen LogP contribution in [0.5, 0.6) is 17.2 Å². The second-order valence-corrected chi connectivity index (χ2v) is 16.6. The largest absolute Gasteiger partial charge is 0.486 e. The van der Waals surface area contributed by atoms with Gasteiger partial charge in [-0.1, -0.05) is 32.6 Å². The molecule has 188 valence electrons. The number of nitrogens with zero attached hydrogens (tertiary/aromatic N) is 2. The van der Waals surface area contributed by atoms with Crippen molar-refractivity contribution in [1.29, 1.82) is 0 Å². The molecule has 1 atom stereocenters. The van der Waals surface area contributed by atoms with E-state index in [4.69, 9.17) is 19.2 Å². The quantitative estimate of drug-likeness (QED) is 0.330. The van der Waals surface area contributed by atoms with Crippen LogP contribution in [-0.2, 0) is 24.2 Å². The molecular weight excluding hydrogens is 476 g/mol. The monoisotopic (exact) mass is 506 g/mol. The van der Waals surface area contributed by atoms with Gasteiger partial charge in [0, 0.05) is 36.2 Å². The standard InChI is InChI=1S/C27H30N2O6Si/c1-5-14-17-13-29-19(10-16-20(30)12-22(31)35-26(16)27(29)32)24(17)28-18-11-21-25(34-8-7-33-21)15(23(14)18)6-9-36(2,3)4/h10-11,20,30H,5-9,12-13H2,1-4H3/t20-/m1/s1. The zero-order valence-electron chi connectivity index (χ0n) is 21.1. The van der Waals surface area contributed by atoms with Crippen LogP contribution in [0.15, 0.2) is 16.9 Å². The van der Waals surface area contributed by atoms with Gasteiger partial charge in [0.25, 0.3) is 5.56 Å². The van der Waals surface area contributed by atoms with Crippen molar-refractivity contribution in [2.24, 2.45) is 0 Å². The van der Waals surface area contributed by atoms with E-state index in [0.717, 1.165) is 63.7 Å². The van der Waals surface area contributed by atoms with Gasteiger partial charge >= 0.3 is 5.97 Å². The first-order valence-corrected chi connectivity index (χ1v) is 16.3. The van der Waals surface area contributed by atoms with E-state index in [1.807, 2.05) is 6.07 Å². The number of aliphatic hydroxyl groups is 1. The maximum absolute atomic E-state index is 13.4. The van der Waals surface area contributed by atoms with Crippen molar-refractivity contribution in [3.63, 3.8) is 0 Å². The minimum absolute atomic E-state index is 0.0778. The van der Waals surface area contributed by atoms with Gasteiger partial charge in [-0.15, -0.1) is 0 Å². The summed E-state index contributed by atoms with van der Waals surface area (Å²) in [6, 6.07) is 4.82. The number of aliphatic hydroxyl groups excluding tert-OH is 1. The first-order valence-electron chi connectivity index (χ1n) is 12.6. The molecular formula is C27H30N2O6Si. The maximum Gasteiger partial charge on any atom is 0.314 e. The summed E-state index contributed by atoms with van der Waals surface area (Å²) < 4.78 is 19.0. The van der Waals surface area contributed by atoms with E-state index in [-0.39, 0.29) is 12.2 Å². The lowest BCUT2D eigenvalue weighted by Crippen LogP contribution is -2.30. The van der Waals surface area contributed by atoms with Gasteiger partial charge in [0.1, 0.15) is 13.2 Å². The molecule has 0 fully saturated rings. The van der Waals surface area contributed by atoms with Gasteiger partial charge in [-0.2, -0.15) is 0 Å². The number of carbonyl (C=O) groups excluding carboxylic acids is 1. The molecule has 0 amide bonds. The van der Waals surface area contributed by atoms with Gasteiger partial charge in [0.15, 0.2) is 11.5 Å². The molecule has 3 aromatic rings. The molecule has 2 aromatic heterocycles. The van der Waals surface area contributed by atoms with Crippen LogP contribution in [0.2, 0.25) is 25.7 Å². The molecule has 3 aliphatic rings. The summed E-state index contributed by atoms with van der Waals surface area (Å²) >= 11 is 0. The molecule has 1 N–H and O–H groups in total. The molecule has 5 heterocycles. The fraction of sp³-hybridized carbons (Fsp3) is 0.444. The fourth-order valence-corrected chi connectivity index (χ4v) is 6.59. The lowest BCUT2D eigenvalue weighted by molar-refractivity contribution is -0.138. The van der Waals surface area contributed by atoms with Crippen LogP contribution in [0.25, 0.3) is 22.3 Å².